The number of hydrogen-bond donors (Lipinski definition) is 1. The van der Waals surface area contributed by atoms with E-state index >= 15 is 0 Å². The third kappa shape index (κ3) is 5.12. The van der Waals surface area contributed by atoms with Gasteiger partial charge in [0.15, 0.2) is 0 Å². The van der Waals surface area contributed by atoms with Crippen LogP contribution in [-0.2, 0) is 6.42 Å². The summed E-state index contributed by atoms with van der Waals surface area (Å²) in [6.07, 6.45) is 4.69. The minimum Gasteiger partial charge on any atom is -0.494 e. The van der Waals surface area contributed by atoms with Crippen molar-refractivity contribution in [2.24, 2.45) is 0 Å². The average molecular weight is 224 g/mol. The van der Waals surface area contributed by atoms with E-state index in [-0.39, 0.29) is 0 Å². The number of rotatable bonds is 7. The lowest BCUT2D eigenvalue weighted by Gasteiger charge is -2.06. The summed E-state index contributed by atoms with van der Waals surface area (Å²) in [5.74, 6) is 1.85. The summed E-state index contributed by atoms with van der Waals surface area (Å²) in [7, 11) is 0. The molecule has 1 aromatic carbocycles. The minimum absolute atomic E-state index is 0.762. The molecule has 2 heteroatoms. The fourth-order valence-corrected chi connectivity index (χ4v) is 1.52. The van der Waals surface area contributed by atoms with Crippen molar-refractivity contribution in [3.8, 4) is 5.75 Å². The largest absolute Gasteiger partial charge is 0.494 e. The summed E-state index contributed by atoms with van der Waals surface area (Å²) in [6, 6.07) is 8.43. The summed E-state index contributed by atoms with van der Waals surface area (Å²) < 4.78 is 5.56. The number of hydrogen-bond acceptors (Lipinski definition) is 2. The first-order chi connectivity index (χ1) is 7.36. The van der Waals surface area contributed by atoms with Crippen molar-refractivity contribution in [3.63, 3.8) is 0 Å². The highest BCUT2D eigenvalue weighted by Gasteiger charge is 1.95. The molecule has 0 bridgehead atoms. The van der Waals surface area contributed by atoms with Gasteiger partial charge in [-0.2, -0.15) is 12.6 Å². The van der Waals surface area contributed by atoms with Crippen molar-refractivity contribution in [1.29, 1.82) is 0 Å². The Kier molecular flexibility index (Phi) is 6.33. The molecule has 15 heavy (non-hydrogen) atoms. The summed E-state index contributed by atoms with van der Waals surface area (Å²) in [4.78, 5) is 0. The zero-order valence-electron chi connectivity index (χ0n) is 9.41. The fraction of sp³-hybridized carbons (Fsp3) is 0.538. The molecule has 0 aliphatic heterocycles. The molecular weight excluding hydrogens is 204 g/mol. The molecule has 0 amide bonds. The Morgan fingerprint density at radius 2 is 1.87 bits per heavy atom. The van der Waals surface area contributed by atoms with Crippen LogP contribution in [0.15, 0.2) is 24.3 Å². The van der Waals surface area contributed by atoms with Gasteiger partial charge in [-0.1, -0.05) is 25.5 Å². The van der Waals surface area contributed by atoms with Crippen LogP contribution >= 0.6 is 12.6 Å². The normalized spacial score (nSPS) is 10.3. The number of benzene rings is 1. The SMILES string of the molecule is CCCCc1ccc(OCCCS)cc1. The van der Waals surface area contributed by atoms with E-state index < -0.39 is 0 Å². The van der Waals surface area contributed by atoms with Gasteiger partial charge in [-0.25, -0.2) is 0 Å². The second kappa shape index (κ2) is 7.63. The van der Waals surface area contributed by atoms with Crippen LogP contribution in [0.4, 0.5) is 0 Å². The van der Waals surface area contributed by atoms with Crippen LogP contribution in [0, 0.1) is 0 Å². The summed E-state index contributed by atoms with van der Waals surface area (Å²) in [5.41, 5.74) is 1.40. The van der Waals surface area contributed by atoms with Crippen LogP contribution < -0.4 is 4.74 Å². The lowest BCUT2D eigenvalue weighted by Crippen LogP contribution is -1.97. The predicted molar refractivity (Wildman–Crippen MR) is 69.0 cm³/mol. The first-order valence-corrected chi connectivity index (χ1v) is 6.32. The zero-order chi connectivity index (χ0) is 10.9. The van der Waals surface area contributed by atoms with Crippen LogP contribution in [0.25, 0.3) is 0 Å². The molecule has 84 valence electrons. The summed E-state index contributed by atoms with van der Waals surface area (Å²) in [6.45, 7) is 2.98. The van der Waals surface area contributed by atoms with Gasteiger partial charge < -0.3 is 4.74 Å². The minimum atomic E-state index is 0.762. The number of unbranched alkanes of at least 4 members (excludes halogenated alkanes) is 1. The Balaban J connectivity index is 2.35. The second-order valence-electron chi connectivity index (χ2n) is 3.67. The van der Waals surface area contributed by atoms with Crippen molar-refractivity contribution in [1.82, 2.24) is 0 Å². The fourth-order valence-electron chi connectivity index (χ4n) is 1.39. The Bertz CT molecular complexity index is 256. The van der Waals surface area contributed by atoms with Crippen molar-refractivity contribution < 1.29 is 4.74 Å². The molecule has 0 aliphatic rings. The van der Waals surface area contributed by atoms with Crippen molar-refractivity contribution in [2.75, 3.05) is 12.4 Å². The van der Waals surface area contributed by atoms with Gasteiger partial charge in [-0.15, -0.1) is 0 Å². The monoisotopic (exact) mass is 224 g/mol. The lowest BCUT2D eigenvalue weighted by molar-refractivity contribution is 0.319. The molecule has 0 fully saturated rings. The Morgan fingerprint density at radius 3 is 2.47 bits per heavy atom. The quantitative estimate of drug-likeness (QED) is 0.548. The molecular formula is C13H20OS. The van der Waals surface area contributed by atoms with E-state index in [0.29, 0.717) is 0 Å². The molecule has 0 aliphatic carbocycles. The Hall–Kier alpha value is -0.630. The van der Waals surface area contributed by atoms with E-state index in [1.54, 1.807) is 0 Å². The molecule has 0 N–H and O–H groups in total. The molecule has 0 aromatic heterocycles. The van der Waals surface area contributed by atoms with E-state index in [4.69, 9.17) is 4.74 Å². The van der Waals surface area contributed by atoms with E-state index in [9.17, 15) is 0 Å². The van der Waals surface area contributed by atoms with Crippen molar-refractivity contribution in [2.45, 2.75) is 32.6 Å². The van der Waals surface area contributed by atoms with Gasteiger partial charge in [0, 0.05) is 0 Å². The molecule has 0 atom stereocenters. The van der Waals surface area contributed by atoms with Gasteiger partial charge in [0.25, 0.3) is 0 Å². The third-order valence-corrected chi connectivity index (χ3v) is 2.63. The van der Waals surface area contributed by atoms with E-state index in [1.165, 1.54) is 24.8 Å². The molecule has 0 saturated heterocycles. The lowest BCUT2D eigenvalue weighted by atomic mass is 10.1. The maximum atomic E-state index is 5.56. The first kappa shape index (κ1) is 12.4. The summed E-state index contributed by atoms with van der Waals surface area (Å²) >= 11 is 4.14. The van der Waals surface area contributed by atoms with Crippen LogP contribution in [-0.4, -0.2) is 12.4 Å². The van der Waals surface area contributed by atoms with E-state index in [1.807, 2.05) is 0 Å². The van der Waals surface area contributed by atoms with Crippen molar-refractivity contribution in [3.05, 3.63) is 29.8 Å². The smallest absolute Gasteiger partial charge is 0.119 e. The third-order valence-electron chi connectivity index (χ3n) is 2.31. The molecule has 1 rings (SSSR count). The molecule has 1 aromatic rings. The highest BCUT2D eigenvalue weighted by Crippen LogP contribution is 2.14. The number of ether oxygens (including phenoxy) is 1. The topological polar surface area (TPSA) is 9.23 Å². The van der Waals surface area contributed by atoms with Crippen molar-refractivity contribution >= 4 is 12.6 Å². The number of thiol groups is 1. The molecule has 0 heterocycles. The Labute approximate surface area is 98.3 Å². The van der Waals surface area contributed by atoms with E-state index in [2.05, 4.69) is 43.8 Å². The molecule has 0 saturated carbocycles. The average Bonchev–Trinajstić information content (AvgIpc) is 2.28. The van der Waals surface area contributed by atoms with E-state index in [0.717, 1.165) is 24.5 Å². The van der Waals surface area contributed by atoms with Gasteiger partial charge >= 0.3 is 0 Å². The first-order valence-electron chi connectivity index (χ1n) is 5.69. The van der Waals surface area contributed by atoms with Gasteiger partial charge in [0.05, 0.1) is 6.61 Å². The van der Waals surface area contributed by atoms with Gasteiger partial charge in [-0.3, -0.25) is 0 Å². The predicted octanol–water partition coefficient (Wildman–Crippen LogP) is 3.73. The van der Waals surface area contributed by atoms with Gasteiger partial charge in [0.1, 0.15) is 5.75 Å². The second-order valence-corrected chi connectivity index (χ2v) is 4.12. The highest BCUT2D eigenvalue weighted by atomic mass is 32.1. The Morgan fingerprint density at radius 1 is 1.13 bits per heavy atom. The van der Waals surface area contributed by atoms with Crippen LogP contribution in [0.2, 0.25) is 0 Å². The summed E-state index contributed by atoms with van der Waals surface area (Å²) in [5, 5.41) is 0. The van der Waals surface area contributed by atoms with Crippen LogP contribution in [0.1, 0.15) is 31.7 Å². The van der Waals surface area contributed by atoms with Crippen LogP contribution in [0.5, 0.6) is 5.75 Å². The zero-order valence-corrected chi connectivity index (χ0v) is 10.3. The molecule has 0 spiro atoms. The molecule has 0 radical (unpaired) electrons. The molecule has 1 nitrogen and oxygen atoms in total. The maximum absolute atomic E-state index is 5.56. The van der Waals surface area contributed by atoms with Gasteiger partial charge in [0.2, 0.25) is 0 Å². The molecule has 0 unspecified atom stereocenters. The van der Waals surface area contributed by atoms with Crippen LogP contribution in [0.3, 0.4) is 0 Å². The van der Waals surface area contributed by atoms with Gasteiger partial charge in [-0.05, 0) is 42.7 Å². The standard InChI is InChI=1S/C13H20OS/c1-2-3-5-12-6-8-13(9-7-12)14-10-4-11-15/h6-9,15H,2-5,10-11H2,1H3. The maximum Gasteiger partial charge on any atom is 0.119 e. The highest BCUT2D eigenvalue weighted by molar-refractivity contribution is 7.80. The number of aryl methyl sites for hydroxylation is 1.